The van der Waals surface area contributed by atoms with Gasteiger partial charge < -0.3 is 22.1 Å². The topological polar surface area (TPSA) is 115 Å². The van der Waals surface area contributed by atoms with Crippen molar-refractivity contribution in [2.45, 2.75) is 38.1 Å². The van der Waals surface area contributed by atoms with Gasteiger partial charge in [0.15, 0.2) is 0 Å². The highest BCUT2D eigenvalue weighted by atomic mass is 35.5. The summed E-state index contributed by atoms with van der Waals surface area (Å²) in [6, 6.07) is 11.2. The minimum absolute atomic E-state index is 0. The fourth-order valence-electron chi connectivity index (χ4n) is 3.05. The molecule has 0 bridgehead atoms. The standard InChI is InChI=1S/C20H31N5.2ClH.2H3N/c1-24(2)14-8-11-18-16-21-23-22-20(18)13-12-19(25(3)4)15-17-9-6-5-7-10-17;;;;/h5-7,9-10,16,19H,8,11-15H2,1-4H3;2*1H;2*1H3. The van der Waals surface area contributed by atoms with Crippen molar-refractivity contribution in [2.75, 3.05) is 34.7 Å². The van der Waals surface area contributed by atoms with Gasteiger partial charge >= 0.3 is 0 Å². The predicted molar refractivity (Wildman–Crippen MR) is 127 cm³/mol. The second-order valence-electron chi connectivity index (χ2n) is 7.16. The normalized spacial score (nSPS) is 11.0. The van der Waals surface area contributed by atoms with E-state index >= 15 is 0 Å². The van der Waals surface area contributed by atoms with Crippen molar-refractivity contribution >= 4 is 24.8 Å². The predicted octanol–water partition coefficient (Wildman–Crippen LogP) is 3.64. The Balaban J connectivity index is -0.00000169. The highest BCUT2D eigenvalue weighted by Crippen LogP contribution is 2.15. The van der Waals surface area contributed by atoms with Crippen LogP contribution in [0.2, 0.25) is 0 Å². The number of rotatable bonds is 10. The van der Waals surface area contributed by atoms with Crippen LogP contribution in [0.1, 0.15) is 29.7 Å². The van der Waals surface area contributed by atoms with E-state index in [1.54, 1.807) is 0 Å². The van der Waals surface area contributed by atoms with Gasteiger partial charge in [-0.3, -0.25) is 0 Å². The summed E-state index contributed by atoms with van der Waals surface area (Å²) < 4.78 is 0. The van der Waals surface area contributed by atoms with Crippen LogP contribution in [-0.4, -0.2) is 66.0 Å². The molecule has 0 amide bonds. The first-order valence-electron chi connectivity index (χ1n) is 9.07. The van der Waals surface area contributed by atoms with Crippen molar-refractivity contribution in [1.82, 2.24) is 37.5 Å². The Bertz CT molecular complexity index is 627. The van der Waals surface area contributed by atoms with Crippen LogP contribution in [0.4, 0.5) is 0 Å². The quantitative estimate of drug-likeness (QED) is 0.570. The molecule has 0 aliphatic rings. The SMILES string of the molecule is CN(C)CCCc1cnnnc1CCC(Cc1ccccc1)N(C)C.Cl.Cl.N.N. The summed E-state index contributed by atoms with van der Waals surface area (Å²) in [5, 5.41) is 12.2. The van der Waals surface area contributed by atoms with E-state index in [9.17, 15) is 0 Å². The molecule has 2 rings (SSSR count). The molecule has 0 aliphatic heterocycles. The fraction of sp³-hybridized carbons (Fsp3) is 0.550. The molecule has 1 unspecified atom stereocenters. The summed E-state index contributed by atoms with van der Waals surface area (Å²) >= 11 is 0. The van der Waals surface area contributed by atoms with Gasteiger partial charge in [-0.2, -0.15) is 0 Å². The summed E-state index contributed by atoms with van der Waals surface area (Å²) in [6.45, 7) is 1.08. The number of aromatic nitrogens is 3. The minimum Gasteiger partial charge on any atom is -0.344 e. The molecule has 1 aromatic heterocycles. The molecule has 29 heavy (non-hydrogen) atoms. The highest BCUT2D eigenvalue weighted by molar-refractivity contribution is 5.85. The number of hydrogen-bond acceptors (Lipinski definition) is 7. The van der Waals surface area contributed by atoms with E-state index < -0.39 is 0 Å². The molecule has 0 aliphatic carbocycles. The lowest BCUT2D eigenvalue weighted by molar-refractivity contribution is 0.275. The molecule has 0 saturated carbocycles. The zero-order chi connectivity index (χ0) is 18.1. The van der Waals surface area contributed by atoms with Crippen LogP contribution in [0, 0.1) is 0 Å². The van der Waals surface area contributed by atoms with Crippen LogP contribution in [0.25, 0.3) is 0 Å². The number of hydrogen-bond donors (Lipinski definition) is 2. The maximum absolute atomic E-state index is 4.32. The molecule has 7 nitrogen and oxygen atoms in total. The number of benzene rings is 1. The van der Waals surface area contributed by atoms with Crippen molar-refractivity contribution in [3.8, 4) is 0 Å². The number of halogens is 2. The van der Waals surface area contributed by atoms with Gasteiger partial charge in [0, 0.05) is 6.04 Å². The van der Waals surface area contributed by atoms with Crippen molar-refractivity contribution in [3.05, 3.63) is 53.3 Å². The first-order valence-corrected chi connectivity index (χ1v) is 9.07. The molecule has 1 heterocycles. The zero-order valence-electron chi connectivity index (χ0n) is 18.3. The van der Waals surface area contributed by atoms with Gasteiger partial charge in [-0.15, -0.1) is 35.0 Å². The van der Waals surface area contributed by atoms with Gasteiger partial charge in [-0.25, -0.2) is 0 Å². The number of nitrogens with zero attached hydrogens (tertiary/aromatic N) is 5. The van der Waals surface area contributed by atoms with Gasteiger partial charge in [0.1, 0.15) is 0 Å². The highest BCUT2D eigenvalue weighted by Gasteiger charge is 2.14. The lowest BCUT2D eigenvalue weighted by Crippen LogP contribution is -2.30. The third-order valence-electron chi connectivity index (χ3n) is 4.61. The van der Waals surface area contributed by atoms with Gasteiger partial charge in [0.25, 0.3) is 0 Å². The smallest absolute Gasteiger partial charge is 0.0697 e. The molecule has 9 heteroatoms. The van der Waals surface area contributed by atoms with E-state index in [2.05, 4.69) is 83.7 Å². The lowest BCUT2D eigenvalue weighted by Gasteiger charge is -2.24. The van der Waals surface area contributed by atoms with E-state index in [0.29, 0.717) is 6.04 Å². The van der Waals surface area contributed by atoms with E-state index in [1.165, 1.54) is 11.1 Å². The molecule has 0 spiro atoms. The van der Waals surface area contributed by atoms with Gasteiger partial charge in [-0.1, -0.05) is 30.3 Å². The summed E-state index contributed by atoms with van der Waals surface area (Å²) in [4.78, 5) is 4.52. The molecule has 1 aromatic carbocycles. The molecular weight excluding hydrogens is 409 g/mol. The maximum atomic E-state index is 4.32. The molecular formula is C20H39Cl2N7. The summed E-state index contributed by atoms with van der Waals surface area (Å²) in [7, 11) is 8.53. The first kappa shape index (κ1) is 32.3. The average molecular weight is 448 g/mol. The van der Waals surface area contributed by atoms with Crippen molar-refractivity contribution in [3.63, 3.8) is 0 Å². The van der Waals surface area contributed by atoms with Gasteiger partial charge in [0.2, 0.25) is 0 Å². The van der Waals surface area contributed by atoms with E-state index in [1.807, 2.05) is 6.20 Å². The van der Waals surface area contributed by atoms with Crippen LogP contribution >= 0.6 is 24.8 Å². The summed E-state index contributed by atoms with van der Waals surface area (Å²) in [5.41, 5.74) is 3.73. The fourth-order valence-corrected chi connectivity index (χ4v) is 3.05. The van der Waals surface area contributed by atoms with E-state index in [4.69, 9.17) is 0 Å². The molecule has 2 aromatic rings. The van der Waals surface area contributed by atoms with Crippen molar-refractivity contribution < 1.29 is 0 Å². The maximum Gasteiger partial charge on any atom is 0.0697 e. The van der Waals surface area contributed by atoms with Crippen LogP contribution < -0.4 is 12.3 Å². The number of likely N-dealkylation sites (N-methyl/N-ethyl adjacent to an activating group) is 1. The molecule has 6 N–H and O–H groups in total. The second-order valence-corrected chi connectivity index (χ2v) is 7.16. The Morgan fingerprint density at radius 2 is 1.59 bits per heavy atom. The first-order chi connectivity index (χ1) is 12.1. The Morgan fingerprint density at radius 1 is 0.931 bits per heavy atom. The Morgan fingerprint density at radius 3 is 2.17 bits per heavy atom. The van der Waals surface area contributed by atoms with Gasteiger partial charge in [-0.05, 0) is 83.2 Å². The summed E-state index contributed by atoms with van der Waals surface area (Å²) in [5.74, 6) is 0. The lowest BCUT2D eigenvalue weighted by atomic mass is 9.98. The van der Waals surface area contributed by atoms with Crippen molar-refractivity contribution in [1.29, 1.82) is 0 Å². The van der Waals surface area contributed by atoms with Gasteiger partial charge in [0.05, 0.1) is 11.9 Å². The van der Waals surface area contributed by atoms with Crippen LogP contribution in [0.15, 0.2) is 36.5 Å². The summed E-state index contributed by atoms with van der Waals surface area (Å²) in [6.07, 6.45) is 7.10. The third-order valence-corrected chi connectivity index (χ3v) is 4.61. The van der Waals surface area contributed by atoms with E-state index in [0.717, 1.165) is 44.3 Å². The van der Waals surface area contributed by atoms with E-state index in [-0.39, 0.29) is 37.1 Å². The Labute approximate surface area is 188 Å². The minimum atomic E-state index is 0. The van der Waals surface area contributed by atoms with Crippen LogP contribution in [0.3, 0.4) is 0 Å². The van der Waals surface area contributed by atoms with Crippen LogP contribution in [-0.2, 0) is 19.3 Å². The Hall–Kier alpha value is -1.35. The van der Waals surface area contributed by atoms with Crippen molar-refractivity contribution in [2.24, 2.45) is 0 Å². The molecule has 168 valence electrons. The Kier molecular flexibility index (Phi) is 19.5. The molecule has 0 saturated heterocycles. The molecule has 0 fully saturated rings. The average Bonchev–Trinajstić information content (AvgIpc) is 2.60. The third kappa shape index (κ3) is 12.1. The molecule has 1 atom stereocenters. The monoisotopic (exact) mass is 447 g/mol. The zero-order valence-corrected chi connectivity index (χ0v) is 19.9. The van der Waals surface area contributed by atoms with Crippen LogP contribution in [0.5, 0.6) is 0 Å². The number of aryl methyl sites for hydroxylation is 2. The second kappa shape index (κ2) is 17.5. The molecule has 0 radical (unpaired) electrons. The largest absolute Gasteiger partial charge is 0.344 e.